The van der Waals surface area contributed by atoms with Gasteiger partial charge in [-0.05, 0) is 26.3 Å². The van der Waals surface area contributed by atoms with E-state index in [1.54, 1.807) is 18.6 Å². The van der Waals surface area contributed by atoms with Crippen LogP contribution < -0.4 is 5.32 Å². The Labute approximate surface area is 121 Å². The molecule has 1 fully saturated rings. The molecule has 0 bridgehead atoms. The van der Waals surface area contributed by atoms with Crippen molar-refractivity contribution in [1.29, 1.82) is 0 Å². The average molecular weight is 284 g/mol. The molecule has 7 nitrogen and oxygen atoms in total. The first-order chi connectivity index (χ1) is 10.3. The number of hydrogen-bond donors (Lipinski definition) is 1. The summed E-state index contributed by atoms with van der Waals surface area (Å²) in [7, 11) is 0. The molecule has 0 aromatic carbocycles. The molecule has 0 saturated carbocycles. The predicted molar refractivity (Wildman–Crippen MR) is 75.7 cm³/mol. The molecule has 1 N–H and O–H groups in total. The van der Waals surface area contributed by atoms with E-state index in [4.69, 9.17) is 4.52 Å². The highest BCUT2D eigenvalue weighted by atomic mass is 16.5. The van der Waals surface area contributed by atoms with E-state index in [2.05, 4.69) is 32.3 Å². The normalized spacial score (nSPS) is 22.7. The summed E-state index contributed by atoms with van der Waals surface area (Å²) in [4.78, 5) is 12.9. The number of imidazole rings is 1. The van der Waals surface area contributed by atoms with Crippen molar-refractivity contribution >= 4 is 5.65 Å². The molecule has 1 saturated heterocycles. The second kappa shape index (κ2) is 4.92. The third-order valence-electron chi connectivity index (χ3n) is 3.96. The molecule has 4 rings (SSSR count). The Morgan fingerprint density at radius 1 is 1.38 bits per heavy atom. The zero-order chi connectivity index (χ0) is 14.2. The van der Waals surface area contributed by atoms with E-state index in [0.29, 0.717) is 17.8 Å². The molecular weight excluding hydrogens is 268 g/mol. The zero-order valence-corrected chi connectivity index (χ0v) is 11.7. The minimum Gasteiger partial charge on any atom is -0.339 e. The number of nitrogens with one attached hydrogen (secondary N) is 1. The van der Waals surface area contributed by atoms with Crippen molar-refractivity contribution < 1.29 is 4.52 Å². The van der Waals surface area contributed by atoms with Gasteiger partial charge in [-0.15, -0.1) is 0 Å². The van der Waals surface area contributed by atoms with Crippen LogP contribution in [0.15, 0.2) is 29.3 Å². The smallest absolute Gasteiger partial charge is 0.230 e. The van der Waals surface area contributed by atoms with Gasteiger partial charge in [-0.2, -0.15) is 4.98 Å². The third-order valence-corrected chi connectivity index (χ3v) is 3.96. The van der Waals surface area contributed by atoms with Gasteiger partial charge in [0.2, 0.25) is 11.7 Å². The second-order valence-corrected chi connectivity index (χ2v) is 5.48. The van der Waals surface area contributed by atoms with Gasteiger partial charge in [0.25, 0.3) is 0 Å². The van der Waals surface area contributed by atoms with Gasteiger partial charge >= 0.3 is 0 Å². The minimum absolute atomic E-state index is 0.336. The molecule has 3 aromatic heterocycles. The monoisotopic (exact) mass is 284 g/mol. The predicted octanol–water partition coefficient (Wildman–Crippen LogP) is 1.63. The summed E-state index contributed by atoms with van der Waals surface area (Å²) in [5, 5.41) is 7.55. The second-order valence-electron chi connectivity index (χ2n) is 5.48. The minimum atomic E-state index is 0.336. The van der Waals surface area contributed by atoms with Crippen LogP contribution in [-0.4, -0.2) is 37.1 Å². The van der Waals surface area contributed by atoms with Gasteiger partial charge < -0.3 is 9.84 Å². The van der Waals surface area contributed by atoms with E-state index in [0.717, 1.165) is 36.6 Å². The Morgan fingerprint density at radius 2 is 2.33 bits per heavy atom. The van der Waals surface area contributed by atoms with Gasteiger partial charge in [-0.25, -0.2) is 4.98 Å². The summed E-state index contributed by atoms with van der Waals surface area (Å²) in [6.07, 6.45) is 9.07. The number of nitrogens with zero attached hydrogens (tertiary/aromatic N) is 5. The van der Waals surface area contributed by atoms with Gasteiger partial charge in [0, 0.05) is 24.4 Å². The molecular formula is C14H16N6O. The van der Waals surface area contributed by atoms with Crippen molar-refractivity contribution in [2.24, 2.45) is 0 Å². The molecule has 4 heterocycles. The van der Waals surface area contributed by atoms with Crippen molar-refractivity contribution in [3.63, 3.8) is 0 Å². The van der Waals surface area contributed by atoms with Gasteiger partial charge in [0.1, 0.15) is 5.69 Å². The van der Waals surface area contributed by atoms with Crippen LogP contribution in [0.1, 0.15) is 31.6 Å². The lowest BCUT2D eigenvalue weighted by Gasteiger charge is -2.25. The molecule has 1 aliphatic heterocycles. The number of fused-ring (bicyclic) bond motifs is 1. The van der Waals surface area contributed by atoms with Crippen LogP contribution in [0.3, 0.4) is 0 Å². The van der Waals surface area contributed by atoms with Gasteiger partial charge in [0.15, 0.2) is 5.65 Å². The SMILES string of the molecule is C[C@@H]1C[C@H](c2nc(-c3cnc4cnccn34)no2)CCN1. The molecule has 0 spiro atoms. The highest BCUT2D eigenvalue weighted by molar-refractivity contribution is 5.55. The Morgan fingerprint density at radius 3 is 3.24 bits per heavy atom. The van der Waals surface area contributed by atoms with Crippen LogP contribution >= 0.6 is 0 Å². The topological polar surface area (TPSA) is 81.1 Å². The fourth-order valence-electron chi connectivity index (χ4n) is 2.87. The Hall–Kier alpha value is -2.28. The Kier molecular flexibility index (Phi) is 2.92. The van der Waals surface area contributed by atoms with Gasteiger partial charge in [-0.3, -0.25) is 9.38 Å². The van der Waals surface area contributed by atoms with Crippen LogP contribution in [0.5, 0.6) is 0 Å². The summed E-state index contributed by atoms with van der Waals surface area (Å²) < 4.78 is 7.39. The van der Waals surface area contributed by atoms with E-state index in [1.165, 1.54) is 0 Å². The van der Waals surface area contributed by atoms with E-state index in [1.807, 2.05) is 10.6 Å². The Balaban J connectivity index is 1.68. The van der Waals surface area contributed by atoms with E-state index < -0.39 is 0 Å². The third kappa shape index (κ3) is 2.19. The summed E-state index contributed by atoms with van der Waals surface area (Å²) >= 11 is 0. The van der Waals surface area contributed by atoms with E-state index in [-0.39, 0.29) is 0 Å². The summed E-state index contributed by atoms with van der Waals surface area (Å²) in [6, 6.07) is 0.487. The standard InChI is InChI=1S/C14H16N6O/c1-9-6-10(2-3-16-9)14-18-13(19-21-14)11-7-17-12-8-15-4-5-20(11)12/h4-5,7-10,16H,2-3,6H2,1H3/t9-,10-/m1/s1. The molecule has 3 aromatic rings. The van der Waals surface area contributed by atoms with Gasteiger partial charge in [-0.1, -0.05) is 5.16 Å². The van der Waals surface area contributed by atoms with Crippen molar-refractivity contribution in [1.82, 2.24) is 29.8 Å². The molecule has 1 aliphatic rings. The van der Waals surface area contributed by atoms with Crippen LogP contribution in [0.4, 0.5) is 0 Å². The van der Waals surface area contributed by atoms with Crippen molar-refractivity contribution in [3.8, 4) is 11.5 Å². The summed E-state index contributed by atoms with van der Waals surface area (Å²) in [5.74, 6) is 1.64. The number of piperidine rings is 1. The number of hydrogen-bond acceptors (Lipinski definition) is 6. The fourth-order valence-corrected chi connectivity index (χ4v) is 2.87. The molecule has 21 heavy (non-hydrogen) atoms. The van der Waals surface area contributed by atoms with Gasteiger partial charge in [0.05, 0.1) is 12.4 Å². The highest BCUT2D eigenvalue weighted by Gasteiger charge is 2.25. The first-order valence-electron chi connectivity index (χ1n) is 7.15. The number of aromatic nitrogens is 5. The highest BCUT2D eigenvalue weighted by Crippen LogP contribution is 2.28. The largest absolute Gasteiger partial charge is 0.339 e. The molecule has 0 unspecified atom stereocenters. The summed E-state index contributed by atoms with van der Waals surface area (Å²) in [5.41, 5.74) is 1.60. The molecule has 0 amide bonds. The lowest BCUT2D eigenvalue weighted by Crippen LogP contribution is -2.34. The number of rotatable bonds is 2. The molecule has 7 heteroatoms. The van der Waals surface area contributed by atoms with Crippen molar-refractivity contribution in [3.05, 3.63) is 30.7 Å². The maximum atomic E-state index is 5.48. The van der Waals surface area contributed by atoms with E-state index in [9.17, 15) is 0 Å². The molecule has 0 aliphatic carbocycles. The molecule has 2 atom stereocenters. The van der Waals surface area contributed by atoms with E-state index >= 15 is 0 Å². The zero-order valence-electron chi connectivity index (χ0n) is 11.7. The quantitative estimate of drug-likeness (QED) is 0.770. The van der Waals surface area contributed by atoms with Crippen LogP contribution in [0.25, 0.3) is 17.2 Å². The summed E-state index contributed by atoms with van der Waals surface area (Å²) in [6.45, 7) is 3.17. The molecule has 108 valence electrons. The fraction of sp³-hybridized carbons (Fsp3) is 0.429. The maximum Gasteiger partial charge on any atom is 0.230 e. The van der Waals surface area contributed by atoms with Crippen molar-refractivity contribution in [2.75, 3.05) is 6.54 Å². The maximum absolute atomic E-state index is 5.48. The van der Waals surface area contributed by atoms with Crippen LogP contribution in [0.2, 0.25) is 0 Å². The first-order valence-corrected chi connectivity index (χ1v) is 7.15. The van der Waals surface area contributed by atoms with Crippen LogP contribution in [0, 0.1) is 0 Å². The lowest BCUT2D eigenvalue weighted by molar-refractivity contribution is 0.295. The lowest BCUT2D eigenvalue weighted by atomic mass is 9.93. The van der Waals surface area contributed by atoms with Crippen LogP contribution in [-0.2, 0) is 0 Å². The van der Waals surface area contributed by atoms with Crippen molar-refractivity contribution in [2.45, 2.75) is 31.7 Å². The first kappa shape index (κ1) is 12.5. The average Bonchev–Trinajstić information content (AvgIpc) is 3.14. The Bertz CT molecular complexity index is 764. The molecule has 0 radical (unpaired) electrons.